The Balaban J connectivity index is 1.79. The molecule has 1 aliphatic rings. The Bertz CT molecular complexity index is 490. The first-order valence-corrected chi connectivity index (χ1v) is 7.49. The van der Waals surface area contributed by atoms with Gasteiger partial charge in [0.25, 0.3) is 0 Å². The minimum atomic E-state index is -0.435. The summed E-state index contributed by atoms with van der Waals surface area (Å²) in [6.07, 6.45) is 1.91. The van der Waals surface area contributed by atoms with E-state index in [-0.39, 0.29) is 11.8 Å². The van der Waals surface area contributed by atoms with Crippen LogP contribution in [0.3, 0.4) is 0 Å². The van der Waals surface area contributed by atoms with Gasteiger partial charge in [-0.3, -0.25) is 4.79 Å². The van der Waals surface area contributed by atoms with Gasteiger partial charge < -0.3 is 10.1 Å². The van der Waals surface area contributed by atoms with Crippen molar-refractivity contribution >= 4 is 21.8 Å². The van der Waals surface area contributed by atoms with Crippen molar-refractivity contribution in [2.45, 2.75) is 25.3 Å². The highest BCUT2D eigenvalue weighted by Crippen LogP contribution is 2.16. The van der Waals surface area contributed by atoms with Crippen LogP contribution in [0.2, 0.25) is 0 Å². The average Bonchev–Trinajstić information content (AvgIpc) is 2.98. The number of carbonyl (C=O) groups excluding carboxylic acids is 1. The number of carbonyl (C=O) groups is 1. The zero-order chi connectivity index (χ0) is 14.4. The summed E-state index contributed by atoms with van der Waals surface area (Å²) in [6, 6.07) is 9.63. The molecule has 0 radical (unpaired) electrons. The quantitative estimate of drug-likeness (QED) is 0.898. The first-order valence-electron chi connectivity index (χ1n) is 6.70. The van der Waals surface area contributed by atoms with E-state index in [0.717, 1.165) is 16.5 Å². The molecule has 0 spiro atoms. The Kier molecular flexibility index (Phi) is 5.57. The number of aryl methyl sites for hydroxylation is 1. The molecule has 2 atom stereocenters. The number of ether oxygens (including phenoxy) is 1. The van der Waals surface area contributed by atoms with Gasteiger partial charge in [0.15, 0.2) is 0 Å². The fourth-order valence-electron chi connectivity index (χ4n) is 2.23. The Morgan fingerprint density at radius 1 is 1.50 bits per heavy atom. The van der Waals surface area contributed by atoms with E-state index in [4.69, 9.17) is 10.00 Å². The van der Waals surface area contributed by atoms with Crippen molar-refractivity contribution < 1.29 is 9.53 Å². The number of hydrogen-bond donors (Lipinski definition) is 1. The van der Waals surface area contributed by atoms with Crippen molar-refractivity contribution in [1.29, 1.82) is 5.26 Å². The van der Waals surface area contributed by atoms with Gasteiger partial charge >= 0.3 is 0 Å². The Labute approximate surface area is 127 Å². The lowest BCUT2D eigenvalue weighted by molar-refractivity contribution is -0.121. The molecule has 1 amide bonds. The molecule has 1 aliphatic heterocycles. The smallest absolute Gasteiger partial charge is 0.221 e. The van der Waals surface area contributed by atoms with Crippen molar-refractivity contribution in [3.63, 3.8) is 0 Å². The second-order valence-electron chi connectivity index (χ2n) is 4.92. The standard InChI is InChI=1S/C15H17BrN2O2/c16-13-4-1-11(2-5-13)3-6-15(19)18-14(9-17)12-7-8-20-10-12/h1-2,4-5,12,14H,3,6-8,10H2,(H,18,19)/t12-,14+/m1/s1. The van der Waals surface area contributed by atoms with Gasteiger partial charge in [0.05, 0.1) is 12.7 Å². The summed E-state index contributed by atoms with van der Waals surface area (Å²) in [5, 5.41) is 11.9. The topological polar surface area (TPSA) is 62.1 Å². The van der Waals surface area contributed by atoms with Crippen LogP contribution in [0.5, 0.6) is 0 Å². The van der Waals surface area contributed by atoms with E-state index in [2.05, 4.69) is 27.3 Å². The molecule has 5 heteroatoms. The number of amides is 1. The number of rotatable bonds is 5. The number of benzene rings is 1. The summed E-state index contributed by atoms with van der Waals surface area (Å²) in [6.45, 7) is 1.24. The van der Waals surface area contributed by atoms with Crippen molar-refractivity contribution in [3.8, 4) is 6.07 Å². The van der Waals surface area contributed by atoms with Gasteiger partial charge in [0, 0.05) is 23.4 Å². The maximum atomic E-state index is 11.9. The van der Waals surface area contributed by atoms with Crippen LogP contribution in [-0.4, -0.2) is 25.2 Å². The lowest BCUT2D eigenvalue weighted by Gasteiger charge is -2.16. The zero-order valence-corrected chi connectivity index (χ0v) is 12.7. The second-order valence-corrected chi connectivity index (χ2v) is 5.84. The molecule has 0 saturated carbocycles. The number of nitrogens with one attached hydrogen (secondary N) is 1. The second kappa shape index (κ2) is 7.41. The molecule has 20 heavy (non-hydrogen) atoms. The third kappa shape index (κ3) is 4.32. The molecule has 2 rings (SSSR count). The molecule has 0 bridgehead atoms. The van der Waals surface area contributed by atoms with Crippen LogP contribution in [-0.2, 0) is 16.0 Å². The third-order valence-electron chi connectivity index (χ3n) is 3.45. The molecule has 1 fully saturated rings. The molecular weight excluding hydrogens is 320 g/mol. The Morgan fingerprint density at radius 3 is 2.85 bits per heavy atom. The molecule has 0 aliphatic carbocycles. The highest BCUT2D eigenvalue weighted by Gasteiger charge is 2.26. The predicted octanol–water partition coefficient (Wildman–Crippen LogP) is 2.43. The van der Waals surface area contributed by atoms with E-state index in [1.54, 1.807) is 0 Å². The number of hydrogen-bond acceptors (Lipinski definition) is 3. The molecule has 1 N–H and O–H groups in total. The first-order chi connectivity index (χ1) is 9.69. The average molecular weight is 337 g/mol. The van der Waals surface area contributed by atoms with Gasteiger partial charge in [-0.05, 0) is 30.5 Å². The van der Waals surface area contributed by atoms with E-state index in [1.165, 1.54) is 0 Å². The zero-order valence-electron chi connectivity index (χ0n) is 11.1. The molecule has 0 unspecified atom stereocenters. The van der Waals surface area contributed by atoms with Crippen molar-refractivity contribution in [2.75, 3.05) is 13.2 Å². The largest absolute Gasteiger partial charge is 0.381 e. The van der Waals surface area contributed by atoms with Crippen LogP contribution in [0.1, 0.15) is 18.4 Å². The summed E-state index contributed by atoms with van der Waals surface area (Å²) in [4.78, 5) is 11.9. The molecule has 0 aromatic heterocycles. The van der Waals surface area contributed by atoms with Gasteiger partial charge in [-0.15, -0.1) is 0 Å². The van der Waals surface area contributed by atoms with Gasteiger partial charge in [-0.1, -0.05) is 28.1 Å². The molecule has 1 saturated heterocycles. The SMILES string of the molecule is N#C[C@H](NC(=O)CCc1ccc(Br)cc1)[C@@H]1CCOC1. The van der Waals surface area contributed by atoms with Crippen molar-refractivity contribution in [1.82, 2.24) is 5.32 Å². The van der Waals surface area contributed by atoms with Gasteiger partial charge in [0.2, 0.25) is 5.91 Å². The predicted molar refractivity (Wildman–Crippen MR) is 78.9 cm³/mol. The monoisotopic (exact) mass is 336 g/mol. The number of halogens is 1. The lowest BCUT2D eigenvalue weighted by Crippen LogP contribution is -2.39. The number of nitrogens with zero attached hydrogens (tertiary/aromatic N) is 1. The fraction of sp³-hybridized carbons (Fsp3) is 0.467. The van der Waals surface area contributed by atoms with Crippen LogP contribution < -0.4 is 5.32 Å². The van der Waals surface area contributed by atoms with Crippen molar-refractivity contribution in [2.24, 2.45) is 5.92 Å². The van der Waals surface area contributed by atoms with E-state index < -0.39 is 6.04 Å². The summed E-state index contributed by atoms with van der Waals surface area (Å²) < 4.78 is 6.28. The highest BCUT2D eigenvalue weighted by atomic mass is 79.9. The van der Waals surface area contributed by atoms with Gasteiger partial charge in [0.1, 0.15) is 6.04 Å². The van der Waals surface area contributed by atoms with E-state index >= 15 is 0 Å². The molecule has 1 aromatic rings. The molecule has 4 nitrogen and oxygen atoms in total. The lowest BCUT2D eigenvalue weighted by atomic mass is 10.00. The van der Waals surface area contributed by atoms with E-state index in [9.17, 15) is 4.79 Å². The van der Waals surface area contributed by atoms with E-state index in [0.29, 0.717) is 26.1 Å². The maximum absolute atomic E-state index is 11.9. The van der Waals surface area contributed by atoms with Gasteiger partial charge in [-0.2, -0.15) is 5.26 Å². The first kappa shape index (κ1) is 15.0. The van der Waals surface area contributed by atoms with Crippen LogP contribution in [0.4, 0.5) is 0 Å². The van der Waals surface area contributed by atoms with E-state index in [1.807, 2.05) is 24.3 Å². The summed E-state index contributed by atoms with van der Waals surface area (Å²) >= 11 is 3.38. The van der Waals surface area contributed by atoms with Gasteiger partial charge in [-0.25, -0.2) is 0 Å². The summed E-state index contributed by atoms with van der Waals surface area (Å²) in [5.74, 6) is 0.0444. The van der Waals surface area contributed by atoms with Crippen LogP contribution in [0, 0.1) is 17.2 Å². The van der Waals surface area contributed by atoms with Crippen LogP contribution in [0.25, 0.3) is 0 Å². The third-order valence-corrected chi connectivity index (χ3v) is 3.97. The molecular formula is C15H17BrN2O2. The molecule has 1 aromatic carbocycles. The highest BCUT2D eigenvalue weighted by molar-refractivity contribution is 9.10. The minimum absolute atomic E-state index is 0.0774. The van der Waals surface area contributed by atoms with Crippen LogP contribution >= 0.6 is 15.9 Å². The number of nitriles is 1. The summed E-state index contributed by atoms with van der Waals surface area (Å²) in [5.41, 5.74) is 1.11. The fourth-order valence-corrected chi connectivity index (χ4v) is 2.49. The minimum Gasteiger partial charge on any atom is -0.381 e. The Hall–Kier alpha value is -1.38. The molecule has 106 valence electrons. The van der Waals surface area contributed by atoms with Crippen molar-refractivity contribution in [3.05, 3.63) is 34.3 Å². The summed E-state index contributed by atoms with van der Waals surface area (Å²) in [7, 11) is 0. The normalized spacial score (nSPS) is 19.3. The maximum Gasteiger partial charge on any atom is 0.221 e. The molecule has 1 heterocycles. The Morgan fingerprint density at radius 2 is 2.25 bits per heavy atom. The van der Waals surface area contributed by atoms with Crippen LogP contribution in [0.15, 0.2) is 28.7 Å².